The summed E-state index contributed by atoms with van der Waals surface area (Å²) in [5.41, 5.74) is 5.84. The van der Waals surface area contributed by atoms with Gasteiger partial charge in [-0.2, -0.15) is 0 Å². The number of hydrogen-bond donors (Lipinski definition) is 2. The first-order valence-corrected chi connectivity index (χ1v) is 6.92. The van der Waals surface area contributed by atoms with E-state index in [2.05, 4.69) is 6.92 Å². The quantitative estimate of drug-likeness (QED) is 0.646. The van der Waals surface area contributed by atoms with Crippen LogP contribution in [0.1, 0.15) is 44.6 Å². The van der Waals surface area contributed by atoms with Crippen molar-refractivity contribution < 1.29 is 9.13 Å². The van der Waals surface area contributed by atoms with Gasteiger partial charge >= 0.3 is 0 Å². The molecule has 1 aliphatic rings. The van der Waals surface area contributed by atoms with Crippen LogP contribution in [0.2, 0.25) is 0 Å². The second kappa shape index (κ2) is 6.04. The van der Waals surface area contributed by atoms with Gasteiger partial charge in [-0.25, -0.2) is 4.39 Å². The Morgan fingerprint density at radius 2 is 2.16 bits per heavy atom. The van der Waals surface area contributed by atoms with Crippen LogP contribution in [-0.2, 0) is 0 Å². The first-order chi connectivity index (χ1) is 9.11. The molecular formula is C15H21FN2O. The maximum absolute atomic E-state index is 13.2. The number of amidine groups is 1. The molecule has 0 radical (unpaired) electrons. The molecule has 4 heteroatoms. The van der Waals surface area contributed by atoms with E-state index in [-0.39, 0.29) is 11.9 Å². The Kier molecular flexibility index (Phi) is 4.40. The minimum absolute atomic E-state index is 0.154. The summed E-state index contributed by atoms with van der Waals surface area (Å²) < 4.78 is 19.2. The Bertz CT molecular complexity index is 461. The molecule has 0 aromatic heterocycles. The Balaban J connectivity index is 2.20. The molecule has 104 valence electrons. The van der Waals surface area contributed by atoms with Crippen molar-refractivity contribution in [1.82, 2.24) is 0 Å². The first kappa shape index (κ1) is 13.8. The van der Waals surface area contributed by atoms with E-state index in [1.54, 1.807) is 6.07 Å². The average Bonchev–Trinajstić information content (AvgIpc) is 2.41. The zero-order chi connectivity index (χ0) is 13.8. The Labute approximate surface area is 113 Å². The summed E-state index contributed by atoms with van der Waals surface area (Å²) in [6.45, 7) is 2.17. The van der Waals surface area contributed by atoms with E-state index in [1.165, 1.54) is 25.0 Å². The number of halogens is 1. The van der Waals surface area contributed by atoms with Crippen molar-refractivity contribution in [2.24, 2.45) is 11.7 Å². The van der Waals surface area contributed by atoms with Crippen LogP contribution < -0.4 is 10.5 Å². The van der Waals surface area contributed by atoms with Crippen molar-refractivity contribution in [3.05, 3.63) is 29.6 Å². The number of hydrogen-bond acceptors (Lipinski definition) is 2. The van der Waals surface area contributed by atoms with Gasteiger partial charge in [0.1, 0.15) is 23.5 Å². The predicted molar refractivity (Wildman–Crippen MR) is 74.1 cm³/mol. The second-order valence-corrected chi connectivity index (χ2v) is 5.16. The van der Waals surface area contributed by atoms with Crippen LogP contribution in [0, 0.1) is 17.1 Å². The molecule has 0 amide bonds. The highest BCUT2D eigenvalue weighted by Crippen LogP contribution is 2.31. The maximum Gasteiger partial charge on any atom is 0.130 e. The van der Waals surface area contributed by atoms with Gasteiger partial charge in [0.25, 0.3) is 0 Å². The van der Waals surface area contributed by atoms with Crippen LogP contribution in [0.25, 0.3) is 0 Å². The van der Waals surface area contributed by atoms with Crippen molar-refractivity contribution >= 4 is 5.84 Å². The molecule has 3 nitrogen and oxygen atoms in total. The van der Waals surface area contributed by atoms with Crippen molar-refractivity contribution in [2.75, 3.05) is 0 Å². The average molecular weight is 264 g/mol. The molecular weight excluding hydrogens is 243 g/mol. The number of nitrogens with one attached hydrogen (secondary N) is 1. The highest BCUT2D eigenvalue weighted by molar-refractivity contribution is 5.97. The van der Waals surface area contributed by atoms with Gasteiger partial charge < -0.3 is 10.5 Å². The van der Waals surface area contributed by atoms with Crippen molar-refractivity contribution in [3.8, 4) is 5.75 Å². The van der Waals surface area contributed by atoms with Crippen LogP contribution in [0.15, 0.2) is 18.2 Å². The third-order valence-electron chi connectivity index (χ3n) is 3.87. The molecule has 0 aliphatic heterocycles. The fourth-order valence-corrected chi connectivity index (χ4v) is 2.77. The largest absolute Gasteiger partial charge is 0.489 e. The predicted octanol–water partition coefficient (Wildman–Crippen LogP) is 3.46. The second-order valence-electron chi connectivity index (χ2n) is 5.16. The van der Waals surface area contributed by atoms with Crippen LogP contribution in [0.5, 0.6) is 5.75 Å². The summed E-state index contributed by atoms with van der Waals surface area (Å²) in [5, 5.41) is 7.52. The van der Waals surface area contributed by atoms with E-state index in [1.807, 2.05) is 0 Å². The van der Waals surface area contributed by atoms with Crippen molar-refractivity contribution in [3.63, 3.8) is 0 Å². The molecule has 0 spiro atoms. The monoisotopic (exact) mass is 264 g/mol. The van der Waals surface area contributed by atoms with Gasteiger partial charge in [0.15, 0.2) is 0 Å². The summed E-state index contributed by atoms with van der Waals surface area (Å²) >= 11 is 0. The van der Waals surface area contributed by atoms with Gasteiger partial charge in [0, 0.05) is 0 Å². The van der Waals surface area contributed by atoms with E-state index in [0.29, 0.717) is 17.2 Å². The van der Waals surface area contributed by atoms with Crippen LogP contribution >= 0.6 is 0 Å². The minimum Gasteiger partial charge on any atom is -0.489 e. The molecule has 1 aliphatic carbocycles. The van der Waals surface area contributed by atoms with E-state index in [0.717, 1.165) is 19.3 Å². The van der Waals surface area contributed by atoms with E-state index in [4.69, 9.17) is 15.9 Å². The minimum atomic E-state index is -0.395. The molecule has 1 aromatic rings. The summed E-state index contributed by atoms with van der Waals surface area (Å²) in [5.74, 6) is 0.518. The summed E-state index contributed by atoms with van der Waals surface area (Å²) in [6.07, 6.45) is 5.85. The molecule has 1 aromatic carbocycles. The normalized spacial score (nSPS) is 23.1. The molecule has 19 heavy (non-hydrogen) atoms. The third kappa shape index (κ3) is 3.25. The van der Waals surface area contributed by atoms with Crippen LogP contribution in [0.3, 0.4) is 0 Å². The standard InChI is InChI=1S/C15H21FN2O/c1-2-10-5-3-4-6-13(10)19-14-8-7-11(16)9-12(14)15(17)18/h7-10,13H,2-6H2,1H3,(H3,17,18). The molecule has 2 rings (SSSR count). The number of nitrogens with two attached hydrogens (primary N) is 1. The maximum atomic E-state index is 13.2. The van der Waals surface area contributed by atoms with Gasteiger partial charge in [-0.15, -0.1) is 0 Å². The van der Waals surface area contributed by atoms with Gasteiger partial charge in [0.2, 0.25) is 0 Å². The van der Waals surface area contributed by atoms with Gasteiger partial charge in [-0.1, -0.05) is 13.3 Å². The summed E-state index contributed by atoms with van der Waals surface area (Å²) in [6, 6.07) is 4.19. The number of ether oxygens (including phenoxy) is 1. The summed E-state index contributed by atoms with van der Waals surface area (Å²) in [4.78, 5) is 0. The van der Waals surface area contributed by atoms with Crippen LogP contribution in [-0.4, -0.2) is 11.9 Å². The fourth-order valence-electron chi connectivity index (χ4n) is 2.77. The molecule has 0 saturated heterocycles. The number of nitrogen functional groups attached to an aromatic ring is 1. The zero-order valence-electron chi connectivity index (χ0n) is 11.3. The Hall–Kier alpha value is -1.58. The molecule has 1 fully saturated rings. The molecule has 0 heterocycles. The summed E-state index contributed by atoms with van der Waals surface area (Å²) in [7, 11) is 0. The third-order valence-corrected chi connectivity index (χ3v) is 3.87. The van der Waals surface area contributed by atoms with Gasteiger partial charge in [-0.3, -0.25) is 5.41 Å². The van der Waals surface area contributed by atoms with E-state index in [9.17, 15) is 4.39 Å². The highest BCUT2D eigenvalue weighted by Gasteiger charge is 2.26. The molecule has 1 saturated carbocycles. The lowest BCUT2D eigenvalue weighted by molar-refractivity contribution is 0.0901. The number of benzene rings is 1. The zero-order valence-corrected chi connectivity index (χ0v) is 11.3. The molecule has 2 unspecified atom stereocenters. The topological polar surface area (TPSA) is 59.1 Å². The Morgan fingerprint density at radius 1 is 1.42 bits per heavy atom. The SMILES string of the molecule is CCC1CCCCC1Oc1ccc(F)cc1C(=N)N. The lowest BCUT2D eigenvalue weighted by Gasteiger charge is -2.31. The fraction of sp³-hybridized carbons (Fsp3) is 0.533. The lowest BCUT2D eigenvalue weighted by Crippen LogP contribution is -2.30. The van der Waals surface area contributed by atoms with E-state index >= 15 is 0 Å². The van der Waals surface area contributed by atoms with Crippen LogP contribution in [0.4, 0.5) is 4.39 Å². The molecule has 2 atom stereocenters. The van der Waals surface area contributed by atoms with Gasteiger partial charge in [0.05, 0.1) is 5.56 Å². The Morgan fingerprint density at radius 3 is 2.84 bits per heavy atom. The first-order valence-electron chi connectivity index (χ1n) is 6.92. The highest BCUT2D eigenvalue weighted by atomic mass is 19.1. The smallest absolute Gasteiger partial charge is 0.130 e. The number of rotatable bonds is 4. The van der Waals surface area contributed by atoms with Crippen molar-refractivity contribution in [1.29, 1.82) is 5.41 Å². The van der Waals surface area contributed by atoms with Crippen molar-refractivity contribution in [2.45, 2.75) is 45.1 Å². The lowest BCUT2D eigenvalue weighted by atomic mass is 9.84. The van der Waals surface area contributed by atoms with Gasteiger partial charge in [-0.05, 0) is 49.8 Å². The molecule has 0 bridgehead atoms. The van der Waals surface area contributed by atoms with E-state index < -0.39 is 5.82 Å². The molecule has 3 N–H and O–H groups in total.